The minimum atomic E-state index is -4.44. The molecular weight excluding hydrogens is 545 g/mol. The zero-order chi connectivity index (χ0) is 23.1. The second-order valence-electron chi connectivity index (χ2n) is 6.75. The molecule has 0 fully saturated rings. The van der Waals surface area contributed by atoms with Crippen molar-refractivity contribution in [3.63, 3.8) is 0 Å². The lowest BCUT2D eigenvalue weighted by molar-refractivity contribution is -0.0881. The Hall–Kier alpha value is -1.39. The molecule has 0 spiro atoms. The van der Waals surface area contributed by atoms with Gasteiger partial charge in [0.1, 0.15) is 0 Å². The van der Waals surface area contributed by atoms with E-state index in [1.54, 1.807) is 54.2 Å². The molecule has 1 atom stereocenters. The van der Waals surface area contributed by atoms with Gasteiger partial charge in [0.15, 0.2) is 0 Å². The third kappa shape index (κ3) is 6.57. The summed E-state index contributed by atoms with van der Waals surface area (Å²) in [5.41, 5.74) is 3.92. The summed E-state index contributed by atoms with van der Waals surface area (Å²) in [6, 6.07) is 19.7. The Kier molecular flexibility index (Phi) is 9.19. The van der Waals surface area contributed by atoms with Gasteiger partial charge >= 0.3 is 7.60 Å². The van der Waals surface area contributed by atoms with Gasteiger partial charge < -0.3 is 4.55 Å². The summed E-state index contributed by atoms with van der Waals surface area (Å²) >= 11 is 2.67. The Bertz CT molecular complexity index is 1140. The van der Waals surface area contributed by atoms with Crippen molar-refractivity contribution < 1.29 is 31.8 Å². The van der Waals surface area contributed by atoms with Crippen LogP contribution in [0.1, 0.15) is 16.7 Å². The first-order valence-electron chi connectivity index (χ1n) is 9.17. The predicted molar refractivity (Wildman–Crippen MR) is 124 cm³/mol. The summed E-state index contributed by atoms with van der Waals surface area (Å²) in [5, 5.41) is 0. The van der Waals surface area contributed by atoms with E-state index in [1.807, 2.05) is 24.3 Å². The average Bonchev–Trinajstić information content (AvgIpc) is 2.81. The maximum Gasteiger partial charge on any atom is 0.399 e. The molecule has 11 heteroatoms. The largest absolute Gasteiger partial charge is 0.768 e. The molecule has 5 nitrogen and oxygen atoms in total. The number of hydrogen-bond donors (Lipinski definition) is 0. The zero-order valence-corrected chi connectivity index (χ0v) is 20.5. The van der Waals surface area contributed by atoms with Gasteiger partial charge in [-0.25, -0.2) is 0 Å². The first-order chi connectivity index (χ1) is 15.3. The lowest BCUT2D eigenvalue weighted by atomic mass is 10.0. The van der Waals surface area contributed by atoms with Crippen molar-refractivity contribution in [2.24, 2.45) is 0 Å². The van der Waals surface area contributed by atoms with Crippen LogP contribution in [-0.4, -0.2) is 8.76 Å². The van der Waals surface area contributed by atoms with Gasteiger partial charge in [0.2, 0.25) is 0 Å². The van der Waals surface area contributed by atoms with Gasteiger partial charge in [-0.3, -0.25) is 8.77 Å². The van der Waals surface area contributed by atoms with E-state index < -0.39 is 24.8 Å². The summed E-state index contributed by atoms with van der Waals surface area (Å²) in [6.45, 7) is 0. The summed E-state index contributed by atoms with van der Waals surface area (Å²) in [4.78, 5) is 0.260. The molecule has 32 heavy (non-hydrogen) atoms. The first-order valence-corrected chi connectivity index (χ1v) is 13.9. The summed E-state index contributed by atoms with van der Waals surface area (Å²) < 4.78 is 65.8. The van der Waals surface area contributed by atoms with E-state index in [1.165, 1.54) is 0 Å². The summed E-state index contributed by atoms with van der Waals surface area (Å²) in [7, 11) is -4.44. The summed E-state index contributed by atoms with van der Waals surface area (Å²) in [6.07, 6.45) is -0.538. The molecular formula is C21H17BrF2O5PS2-. The normalized spacial score (nSPS) is 12.6. The Morgan fingerprint density at radius 1 is 0.969 bits per heavy atom. The molecule has 0 radical (unpaired) electrons. The van der Waals surface area contributed by atoms with E-state index in [-0.39, 0.29) is 4.90 Å². The van der Waals surface area contributed by atoms with Crippen LogP contribution in [0.15, 0.2) is 76.1 Å². The van der Waals surface area contributed by atoms with Crippen molar-refractivity contribution >= 4 is 46.4 Å². The number of hydrogen-bond acceptors (Lipinski definition) is 6. The Morgan fingerprint density at radius 2 is 1.59 bits per heavy atom. The fourth-order valence-corrected chi connectivity index (χ4v) is 6.09. The number of thioether (sulfide) groups is 1. The third-order valence-corrected chi connectivity index (χ3v) is 8.24. The minimum absolute atomic E-state index is 0.260. The molecule has 3 aromatic carbocycles. The standard InChI is InChI=1S/C21H18BrF2O5PS2/c22-20-11-16(7-10-18(20)12-30(25,28-23)29-24)14-31-13-15-5-8-17(9-6-15)19-3-1-2-4-21(19)32(26)27/h1-11H,12-14H2,(H,26,27)/p-1. The molecule has 0 amide bonds. The number of halogens is 3. The highest BCUT2D eigenvalue weighted by molar-refractivity contribution is 9.10. The highest BCUT2D eigenvalue weighted by Gasteiger charge is 2.29. The van der Waals surface area contributed by atoms with Crippen LogP contribution in [-0.2, 0) is 42.8 Å². The van der Waals surface area contributed by atoms with Crippen LogP contribution in [0.5, 0.6) is 0 Å². The van der Waals surface area contributed by atoms with Crippen LogP contribution in [0.3, 0.4) is 0 Å². The summed E-state index contributed by atoms with van der Waals surface area (Å²) in [5.74, 6) is 1.41. The highest BCUT2D eigenvalue weighted by Crippen LogP contribution is 2.53. The van der Waals surface area contributed by atoms with Crippen molar-refractivity contribution in [3.8, 4) is 11.1 Å². The number of benzene rings is 3. The third-order valence-electron chi connectivity index (χ3n) is 4.56. The van der Waals surface area contributed by atoms with E-state index in [4.69, 9.17) is 0 Å². The van der Waals surface area contributed by atoms with E-state index >= 15 is 0 Å². The SMILES string of the molecule is O=S([O-])c1ccccc1-c1ccc(CSCc2ccc(CP(=O)(OF)OF)c(Br)c2)cc1. The highest BCUT2D eigenvalue weighted by atomic mass is 79.9. The smallest absolute Gasteiger partial charge is 0.399 e. The molecule has 0 N–H and O–H groups in total. The topological polar surface area (TPSA) is 75.7 Å². The Labute approximate surface area is 199 Å². The first kappa shape index (κ1) is 25.2. The van der Waals surface area contributed by atoms with Gasteiger partial charge in [0.05, 0.1) is 6.16 Å². The van der Waals surface area contributed by atoms with E-state index in [0.29, 0.717) is 21.4 Å². The fraction of sp³-hybridized carbons (Fsp3) is 0.143. The van der Waals surface area contributed by atoms with Gasteiger partial charge in [0.25, 0.3) is 0 Å². The van der Waals surface area contributed by atoms with Crippen molar-refractivity contribution in [2.75, 3.05) is 0 Å². The molecule has 0 aliphatic heterocycles. The average molecular weight is 562 g/mol. The van der Waals surface area contributed by atoms with Gasteiger partial charge in [-0.2, -0.15) is 11.8 Å². The van der Waals surface area contributed by atoms with Gasteiger partial charge in [0, 0.05) is 20.9 Å². The van der Waals surface area contributed by atoms with Crippen LogP contribution in [0.2, 0.25) is 0 Å². The van der Waals surface area contributed by atoms with Crippen molar-refractivity contribution in [2.45, 2.75) is 22.6 Å². The Balaban J connectivity index is 1.60. The molecule has 0 aliphatic rings. The monoisotopic (exact) mass is 561 g/mol. The fourth-order valence-electron chi connectivity index (χ4n) is 2.99. The second-order valence-corrected chi connectivity index (χ2v) is 11.3. The molecule has 1 unspecified atom stereocenters. The van der Waals surface area contributed by atoms with Crippen LogP contribution in [0, 0.1) is 0 Å². The van der Waals surface area contributed by atoms with Crippen molar-refractivity contribution in [1.82, 2.24) is 0 Å². The quantitative estimate of drug-likeness (QED) is 0.191. The van der Waals surface area contributed by atoms with E-state index in [0.717, 1.165) is 22.4 Å². The van der Waals surface area contributed by atoms with Crippen molar-refractivity contribution in [3.05, 3.63) is 87.9 Å². The Morgan fingerprint density at radius 3 is 2.22 bits per heavy atom. The molecule has 3 rings (SSSR count). The van der Waals surface area contributed by atoms with Gasteiger partial charge in [-0.05, 0) is 60.1 Å². The molecule has 0 saturated carbocycles. The second kappa shape index (κ2) is 11.7. The van der Waals surface area contributed by atoms with Crippen LogP contribution >= 0.6 is 35.3 Å². The maximum absolute atomic E-state index is 12.3. The molecule has 3 aromatic rings. The maximum atomic E-state index is 12.3. The minimum Gasteiger partial charge on any atom is -0.768 e. The molecule has 0 aromatic heterocycles. The van der Waals surface area contributed by atoms with Crippen LogP contribution in [0.4, 0.5) is 9.05 Å². The molecule has 0 saturated heterocycles. The van der Waals surface area contributed by atoms with Crippen LogP contribution < -0.4 is 0 Å². The van der Waals surface area contributed by atoms with Gasteiger partial charge in [-0.15, -0.1) is 9.46 Å². The van der Waals surface area contributed by atoms with E-state index in [2.05, 4.69) is 25.4 Å². The molecule has 0 aliphatic carbocycles. The van der Waals surface area contributed by atoms with E-state index in [9.17, 15) is 22.4 Å². The van der Waals surface area contributed by atoms with Crippen LogP contribution in [0.25, 0.3) is 11.1 Å². The zero-order valence-electron chi connectivity index (χ0n) is 16.4. The molecule has 170 valence electrons. The number of rotatable bonds is 10. The predicted octanol–water partition coefficient (Wildman–Crippen LogP) is 7.28. The molecule has 0 heterocycles. The van der Waals surface area contributed by atoms with Gasteiger partial charge in [-0.1, -0.05) is 70.5 Å². The lowest BCUT2D eigenvalue weighted by Gasteiger charge is -2.12. The van der Waals surface area contributed by atoms with Crippen molar-refractivity contribution in [1.29, 1.82) is 0 Å². The lowest BCUT2D eigenvalue weighted by Crippen LogP contribution is -1.93. The molecule has 0 bridgehead atoms.